The Morgan fingerprint density at radius 2 is 2.18 bits per heavy atom. The number of hydrogen-bond donors (Lipinski definition) is 0. The smallest absolute Gasteiger partial charge is 0.358 e. The Balaban J connectivity index is 3.54. The zero-order valence-corrected chi connectivity index (χ0v) is 8.22. The van der Waals surface area contributed by atoms with E-state index in [9.17, 15) is 18.9 Å². The number of hydrogen-bond acceptors (Lipinski definition) is 5. The monoisotopic (exact) mass is 238 g/mol. The molecule has 1 heterocycles. The van der Waals surface area contributed by atoms with Crippen molar-refractivity contribution >= 4 is 5.82 Å². The molecule has 0 spiro atoms. The maximum atomic E-state index is 12.6. The molecular formula is C9H4F2N4O2. The molecule has 8 heteroatoms. The minimum absolute atomic E-state index is 0.268. The molecule has 1 aromatic rings. The Kier molecular flexibility index (Phi) is 3.62. The maximum absolute atomic E-state index is 12.6. The maximum Gasteiger partial charge on any atom is 0.365 e. The molecule has 0 aliphatic carbocycles. The molecule has 0 aromatic carbocycles. The molecule has 0 saturated carbocycles. The first-order valence-corrected chi connectivity index (χ1v) is 4.24. The van der Waals surface area contributed by atoms with Gasteiger partial charge in [0.2, 0.25) is 5.69 Å². The first-order valence-electron chi connectivity index (χ1n) is 4.24. The van der Waals surface area contributed by atoms with Crippen molar-refractivity contribution in [2.75, 3.05) is 0 Å². The van der Waals surface area contributed by atoms with Crippen molar-refractivity contribution in [3.8, 4) is 12.1 Å². The predicted molar refractivity (Wildman–Crippen MR) is 49.9 cm³/mol. The molecule has 0 amide bonds. The van der Waals surface area contributed by atoms with Crippen molar-refractivity contribution < 1.29 is 13.7 Å². The number of nitrogens with zero attached hydrogens (tertiary/aromatic N) is 4. The van der Waals surface area contributed by atoms with Crippen LogP contribution in [-0.4, -0.2) is 9.91 Å². The lowest BCUT2D eigenvalue weighted by Gasteiger charge is -2.03. The van der Waals surface area contributed by atoms with E-state index in [1.807, 2.05) is 0 Å². The SMILES string of the molecule is N#CCc1c(C#N)cc([N+](=O)[O-])nc1C(F)F. The van der Waals surface area contributed by atoms with Gasteiger partial charge in [-0.05, 0) is 9.91 Å². The third kappa shape index (κ3) is 2.49. The third-order valence-electron chi connectivity index (χ3n) is 1.91. The minimum atomic E-state index is -3.08. The van der Waals surface area contributed by atoms with Gasteiger partial charge in [-0.25, -0.2) is 8.78 Å². The number of aromatic nitrogens is 1. The molecule has 6 nitrogen and oxygen atoms in total. The van der Waals surface area contributed by atoms with Gasteiger partial charge in [0.25, 0.3) is 0 Å². The topological polar surface area (TPSA) is 104 Å². The molecule has 0 unspecified atom stereocenters. The Bertz CT molecular complexity index is 545. The van der Waals surface area contributed by atoms with E-state index in [-0.39, 0.29) is 11.1 Å². The Hall–Kier alpha value is -2.61. The van der Waals surface area contributed by atoms with E-state index in [0.717, 1.165) is 6.07 Å². The van der Waals surface area contributed by atoms with Crippen LogP contribution >= 0.6 is 0 Å². The molecule has 1 rings (SSSR count). The zero-order valence-electron chi connectivity index (χ0n) is 8.22. The molecule has 17 heavy (non-hydrogen) atoms. The van der Waals surface area contributed by atoms with Crippen molar-refractivity contribution in [1.29, 1.82) is 10.5 Å². The van der Waals surface area contributed by atoms with Crippen LogP contribution in [-0.2, 0) is 6.42 Å². The zero-order chi connectivity index (χ0) is 13.0. The first kappa shape index (κ1) is 12.5. The summed E-state index contributed by atoms with van der Waals surface area (Å²) in [6, 6.07) is 3.93. The highest BCUT2D eigenvalue weighted by molar-refractivity contribution is 5.46. The molecule has 0 radical (unpaired) electrons. The Morgan fingerprint density at radius 3 is 2.59 bits per heavy atom. The molecule has 0 saturated heterocycles. The lowest BCUT2D eigenvalue weighted by atomic mass is 10.0. The molecule has 0 atom stereocenters. The van der Waals surface area contributed by atoms with Crippen molar-refractivity contribution in [3.63, 3.8) is 0 Å². The molecular weight excluding hydrogens is 234 g/mol. The number of pyridine rings is 1. The van der Waals surface area contributed by atoms with Gasteiger partial charge in [-0.3, -0.25) is 0 Å². The van der Waals surface area contributed by atoms with Gasteiger partial charge in [0.05, 0.1) is 30.2 Å². The highest BCUT2D eigenvalue weighted by atomic mass is 19.3. The summed E-state index contributed by atoms with van der Waals surface area (Å²) in [7, 11) is 0. The summed E-state index contributed by atoms with van der Waals surface area (Å²) in [6.45, 7) is 0. The standard InChI is InChI=1S/C9H4F2N4O2/c10-9(11)8-6(1-2-12)5(4-13)3-7(14-8)15(16)17/h3,9H,1H2. The van der Waals surface area contributed by atoms with Crippen LogP contribution < -0.4 is 0 Å². The van der Waals surface area contributed by atoms with Gasteiger partial charge < -0.3 is 10.1 Å². The van der Waals surface area contributed by atoms with Crippen LogP contribution in [0.25, 0.3) is 0 Å². The summed E-state index contributed by atoms with van der Waals surface area (Å²) in [4.78, 5) is 12.6. The Labute approximate surface area is 93.9 Å². The molecule has 0 fully saturated rings. The first-order chi connectivity index (χ1) is 8.01. The van der Waals surface area contributed by atoms with E-state index in [4.69, 9.17) is 10.5 Å². The molecule has 1 aromatic heterocycles. The van der Waals surface area contributed by atoms with Crippen LogP contribution in [0.15, 0.2) is 6.07 Å². The van der Waals surface area contributed by atoms with Gasteiger partial charge in [0, 0.05) is 5.56 Å². The van der Waals surface area contributed by atoms with E-state index < -0.39 is 29.3 Å². The van der Waals surface area contributed by atoms with Crippen LogP contribution in [0.3, 0.4) is 0 Å². The molecule has 86 valence electrons. The van der Waals surface area contributed by atoms with E-state index in [0.29, 0.717) is 0 Å². The van der Waals surface area contributed by atoms with Gasteiger partial charge in [-0.1, -0.05) is 0 Å². The van der Waals surface area contributed by atoms with Crippen molar-refractivity contribution in [3.05, 3.63) is 33.0 Å². The number of halogens is 2. The number of nitro groups is 1. The fourth-order valence-corrected chi connectivity index (χ4v) is 1.22. The molecule has 0 N–H and O–H groups in total. The minimum Gasteiger partial charge on any atom is -0.358 e. The fraction of sp³-hybridized carbons (Fsp3) is 0.222. The van der Waals surface area contributed by atoms with Crippen LogP contribution in [0, 0.1) is 32.8 Å². The van der Waals surface area contributed by atoms with Crippen molar-refractivity contribution in [1.82, 2.24) is 4.98 Å². The number of alkyl halides is 2. The predicted octanol–water partition coefficient (Wildman–Crippen LogP) is 1.87. The summed E-state index contributed by atoms with van der Waals surface area (Å²) in [6.07, 6.45) is -3.53. The Morgan fingerprint density at radius 1 is 1.53 bits per heavy atom. The van der Waals surface area contributed by atoms with E-state index in [2.05, 4.69) is 4.98 Å². The lowest BCUT2D eigenvalue weighted by molar-refractivity contribution is -0.389. The van der Waals surface area contributed by atoms with E-state index in [1.165, 1.54) is 0 Å². The van der Waals surface area contributed by atoms with Gasteiger partial charge in [0.1, 0.15) is 0 Å². The van der Waals surface area contributed by atoms with E-state index >= 15 is 0 Å². The highest BCUT2D eigenvalue weighted by Crippen LogP contribution is 2.26. The van der Waals surface area contributed by atoms with E-state index in [1.54, 1.807) is 12.1 Å². The van der Waals surface area contributed by atoms with Crippen LogP contribution in [0.5, 0.6) is 0 Å². The second kappa shape index (κ2) is 4.94. The molecule has 0 aliphatic rings. The summed E-state index contributed by atoms with van der Waals surface area (Å²) in [5.74, 6) is -0.835. The third-order valence-corrected chi connectivity index (χ3v) is 1.91. The normalized spacial score (nSPS) is 9.71. The summed E-state index contributed by atoms with van der Waals surface area (Å²) >= 11 is 0. The molecule has 0 aliphatic heterocycles. The highest BCUT2D eigenvalue weighted by Gasteiger charge is 2.26. The number of rotatable bonds is 3. The van der Waals surface area contributed by atoms with Crippen LogP contribution in [0.2, 0.25) is 0 Å². The average molecular weight is 238 g/mol. The van der Waals surface area contributed by atoms with Crippen molar-refractivity contribution in [2.24, 2.45) is 0 Å². The van der Waals surface area contributed by atoms with Gasteiger partial charge in [-0.15, -0.1) is 0 Å². The fourth-order valence-electron chi connectivity index (χ4n) is 1.22. The summed E-state index contributed by atoms with van der Waals surface area (Å²) < 4.78 is 25.2. The van der Waals surface area contributed by atoms with Crippen LogP contribution in [0.4, 0.5) is 14.6 Å². The van der Waals surface area contributed by atoms with Gasteiger partial charge >= 0.3 is 12.2 Å². The second-order valence-electron chi connectivity index (χ2n) is 2.90. The summed E-state index contributed by atoms with van der Waals surface area (Å²) in [5, 5.41) is 27.6. The van der Waals surface area contributed by atoms with Crippen molar-refractivity contribution in [2.45, 2.75) is 12.8 Å². The quantitative estimate of drug-likeness (QED) is 0.590. The number of nitriles is 2. The second-order valence-corrected chi connectivity index (χ2v) is 2.90. The average Bonchev–Trinajstić information content (AvgIpc) is 2.28. The summed E-state index contributed by atoms with van der Waals surface area (Å²) in [5.41, 5.74) is -1.49. The van der Waals surface area contributed by atoms with Crippen LogP contribution in [0.1, 0.15) is 23.2 Å². The van der Waals surface area contributed by atoms with Gasteiger partial charge in [0.15, 0.2) is 0 Å². The largest absolute Gasteiger partial charge is 0.365 e. The van der Waals surface area contributed by atoms with Gasteiger partial charge in [-0.2, -0.15) is 10.5 Å². The lowest BCUT2D eigenvalue weighted by Crippen LogP contribution is -2.05. The molecule has 0 bridgehead atoms.